The van der Waals surface area contributed by atoms with Crippen LogP contribution in [0.15, 0.2) is 30.3 Å². The molecule has 3 rings (SSSR count). The molecule has 2 nitrogen and oxygen atoms in total. The van der Waals surface area contributed by atoms with Crippen LogP contribution < -0.4 is 5.32 Å². The van der Waals surface area contributed by atoms with E-state index < -0.39 is 0 Å². The predicted octanol–water partition coefficient (Wildman–Crippen LogP) is 3.21. The number of piperidine rings is 1. The average molecular weight is 258 g/mol. The zero-order valence-corrected chi connectivity index (χ0v) is 12.0. The first-order chi connectivity index (χ1) is 9.33. The molecule has 19 heavy (non-hydrogen) atoms. The fraction of sp³-hybridized carbons (Fsp3) is 0.647. The van der Waals surface area contributed by atoms with Gasteiger partial charge in [0, 0.05) is 25.2 Å². The van der Waals surface area contributed by atoms with Gasteiger partial charge in [-0.25, -0.2) is 0 Å². The van der Waals surface area contributed by atoms with Gasteiger partial charge in [-0.15, -0.1) is 0 Å². The molecule has 1 aliphatic carbocycles. The average Bonchev–Trinajstić information content (AvgIpc) is 3.30. The van der Waals surface area contributed by atoms with Crippen molar-refractivity contribution < 1.29 is 0 Å². The third kappa shape index (κ3) is 3.58. The molecule has 2 aliphatic rings. The van der Waals surface area contributed by atoms with Crippen molar-refractivity contribution in [3.63, 3.8) is 0 Å². The number of nitrogens with one attached hydrogen (secondary N) is 1. The second-order valence-electron chi connectivity index (χ2n) is 6.25. The summed E-state index contributed by atoms with van der Waals surface area (Å²) in [6, 6.07) is 12.2. The number of likely N-dealkylation sites (tertiary alicyclic amines) is 1. The molecule has 1 N–H and O–H groups in total. The second kappa shape index (κ2) is 6.06. The van der Waals surface area contributed by atoms with Crippen LogP contribution in [0.4, 0.5) is 0 Å². The summed E-state index contributed by atoms with van der Waals surface area (Å²) in [5.41, 5.74) is 1.45. The molecule has 2 fully saturated rings. The first-order valence-corrected chi connectivity index (χ1v) is 7.85. The fourth-order valence-electron chi connectivity index (χ4n) is 3.09. The number of benzene rings is 1. The van der Waals surface area contributed by atoms with E-state index in [1.165, 1.54) is 50.9 Å². The number of rotatable bonds is 5. The molecule has 1 aromatic carbocycles. The normalized spacial score (nSPS) is 23.4. The van der Waals surface area contributed by atoms with Gasteiger partial charge in [0.25, 0.3) is 0 Å². The van der Waals surface area contributed by atoms with Crippen LogP contribution in [0, 0.1) is 5.92 Å². The van der Waals surface area contributed by atoms with Crippen molar-refractivity contribution in [1.82, 2.24) is 10.2 Å². The zero-order chi connectivity index (χ0) is 13.1. The molecule has 1 saturated carbocycles. The molecule has 1 aromatic rings. The summed E-state index contributed by atoms with van der Waals surface area (Å²) in [7, 11) is 0. The minimum atomic E-state index is 0.561. The van der Waals surface area contributed by atoms with Gasteiger partial charge in [0.15, 0.2) is 0 Å². The molecule has 1 saturated heterocycles. The molecule has 0 radical (unpaired) electrons. The lowest BCUT2D eigenvalue weighted by molar-refractivity contribution is 0.152. The van der Waals surface area contributed by atoms with Crippen molar-refractivity contribution in [2.45, 2.75) is 44.7 Å². The maximum absolute atomic E-state index is 3.76. The van der Waals surface area contributed by atoms with Gasteiger partial charge in [0.05, 0.1) is 0 Å². The van der Waals surface area contributed by atoms with E-state index in [0.717, 1.165) is 12.0 Å². The predicted molar refractivity (Wildman–Crippen MR) is 80.2 cm³/mol. The highest BCUT2D eigenvalue weighted by molar-refractivity contribution is 5.18. The highest BCUT2D eigenvalue weighted by Crippen LogP contribution is 2.28. The van der Waals surface area contributed by atoms with Crippen LogP contribution in [0.25, 0.3) is 0 Å². The third-order valence-corrected chi connectivity index (χ3v) is 4.75. The fourth-order valence-corrected chi connectivity index (χ4v) is 3.09. The van der Waals surface area contributed by atoms with E-state index >= 15 is 0 Å². The molecule has 104 valence electrons. The molecular formula is C17H26N2. The van der Waals surface area contributed by atoms with E-state index in [4.69, 9.17) is 0 Å². The minimum absolute atomic E-state index is 0.561. The Morgan fingerprint density at radius 3 is 2.42 bits per heavy atom. The van der Waals surface area contributed by atoms with E-state index in [0.29, 0.717) is 6.04 Å². The molecule has 0 amide bonds. The Morgan fingerprint density at radius 2 is 1.79 bits per heavy atom. The summed E-state index contributed by atoms with van der Waals surface area (Å²) >= 11 is 0. The van der Waals surface area contributed by atoms with E-state index in [1.807, 2.05) is 0 Å². The van der Waals surface area contributed by atoms with Crippen molar-refractivity contribution in [3.05, 3.63) is 35.9 Å². The maximum atomic E-state index is 3.76. The van der Waals surface area contributed by atoms with Gasteiger partial charge in [-0.3, -0.25) is 4.90 Å². The van der Waals surface area contributed by atoms with Crippen LogP contribution in [0.3, 0.4) is 0 Å². The Morgan fingerprint density at radius 1 is 1.11 bits per heavy atom. The summed E-state index contributed by atoms with van der Waals surface area (Å²) in [5.74, 6) is 1.00. The van der Waals surface area contributed by atoms with Crippen LogP contribution in [0.2, 0.25) is 0 Å². The van der Waals surface area contributed by atoms with Crippen molar-refractivity contribution in [2.24, 2.45) is 5.92 Å². The van der Waals surface area contributed by atoms with Gasteiger partial charge in [-0.2, -0.15) is 0 Å². The van der Waals surface area contributed by atoms with E-state index in [1.54, 1.807) is 0 Å². The van der Waals surface area contributed by atoms with Crippen molar-refractivity contribution in [3.8, 4) is 0 Å². The van der Waals surface area contributed by atoms with Crippen LogP contribution in [0.1, 0.15) is 44.2 Å². The first-order valence-electron chi connectivity index (χ1n) is 7.85. The Balaban J connectivity index is 1.46. The molecular weight excluding hydrogens is 232 g/mol. The first kappa shape index (κ1) is 13.1. The van der Waals surface area contributed by atoms with Crippen LogP contribution in [-0.2, 0) is 0 Å². The van der Waals surface area contributed by atoms with Gasteiger partial charge in [-0.1, -0.05) is 30.3 Å². The topological polar surface area (TPSA) is 15.3 Å². The molecule has 1 aliphatic heterocycles. The van der Waals surface area contributed by atoms with E-state index in [2.05, 4.69) is 47.5 Å². The molecule has 0 bridgehead atoms. The van der Waals surface area contributed by atoms with Gasteiger partial charge >= 0.3 is 0 Å². The lowest BCUT2D eigenvalue weighted by atomic mass is 10.00. The highest BCUT2D eigenvalue weighted by atomic mass is 15.2. The standard InChI is InChI=1S/C17H26N2/c1-14(16-5-3-2-4-6-16)19-11-9-17(10-12-19)18-13-15-7-8-15/h2-6,14-15,17-18H,7-13H2,1H3. The summed E-state index contributed by atoms with van der Waals surface area (Å²) < 4.78 is 0. The Hall–Kier alpha value is -0.860. The molecule has 1 unspecified atom stereocenters. The summed E-state index contributed by atoms with van der Waals surface area (Å²) in [5, 5.41) is 3.76. The van der Waals surface area contributed by atoms with Crippen LogP contribution >= 0.6 is 0 Å². The van der Waals surface area contributed by atoms with Crippen LogP contribution in [-0.4, -0.2) is 30.6 Å². The molecule has 0 spiro atoms. The summed E-state index contributed by atoms with van der Waals surface area (Å²) in [6.45, 7) is 6.07. The largest absolute Gasteiger partial charge is 0.314 e. The SMILES string of the molecule is CC(c1ccccc1)N1CCC(NCC2CC2)CC1. The highest BCUT2D eigenvalue weighted by Gasteiger charge is 2.26. The van der Waals surface area contributed by atoms with Gasteiger partial charge in [0.1, 0.15) is 0 Å². The number of hydrogen-bond acceptors (Lipinski definition) is 2. The number of hydrogen-bond donors (Lipinski definition) is 1. The lowest BCUT2D eigenvalue weighted by Crippen LogP contribution is -2.43. The Kier molecular flexibility index (Phi) is 4.19. The van der Waals surface area contributed by atoms with Crippen molar-refractivity contribution in [2.75, 3.05) is 19.6 Å². The van der Waals surface area contributed by atoms with E-state index in [-0.39, 0.29) is 0 Å². The van der Waals surface area contributed by atoms with Gasteiger partial charge < -0.3 is 5.32 Å². The summed E-state index contributed by atoms with van der Waals surface area (Å²) in [6.07, 6.45) is 5.53. The van der Waals surface area contributed by atoms with Crippen molar-refractivity contribution >= 4 is 0 Å². The van der Waals surface area contributed by atoms with Crippen LogP contribution in [0.5, 0.6) is 0 Å². The summed E-state index contributed by atoms with van der Waals surface area (Å²) in [4.78, 5) is 2.63. The maximum Gasteiger partial charge on any atom is 0.0319 e. The van der Waals surface area contributed by atoms with E-state index in [9.17, 15) is 0 Å². The molecule has 1 atom stereocenters. The Bertz CT molecular complexity index is 378. The lowest BCUT2D eigenvalue weighted by Gasteiger charge is -2.36. The second-order valence-corrected chi connectivity index (χ2v) is 6.25. The number of nitrogens with zero attached hydrogens (tertiary/aromatic N) is 1. The minimum Gasteiger partial charge on any atom is -0.314 e. The monoisotopic (exact) mass is 258 g/mol. The zero-order valence-electron chi connectivity index (χ0n) is 12.0. The smallest absolute Gasteiger partial charge is 0.0319 e. The van der Waals surface area contributed by atoms with Gasteiger partial charge in [0.2, 0.25) is 0 Å². The molecule has 1 heterocycles. The molecule has 2 heteroatoms. The van der Waals surface area contributed by atoms with Crippen molar-refractivity contribution in [1.29, 1.82) is 0 Å². The van der Waals surface area contributed by atoms with Gasteiger partial charge in [-0.05, 0) is 50.6 Å². The molecule has 0 aromatic heterocycles. The third-order valence-electron chi connectivity index (χ3n) is 4.75. The Labute approximate surface area is 117 Å². The quantitative estimate of drug-likeness (QED) is 0.872.